The summed E-state index contributed by atoms with van der Waals surface area (Å²) in [5.74, 6) is 0. The summed E-state index contributed by atoms with van der Waals surface area (Å²) in [6.45, 7) is 1.55. The summed E-state index contributed by atoms with van der Waals surface area (Å²) in [6.07, 6.45) is -3.50. The topological polar surface area (TPSA) is 47.3 Å². The van der Waals surface area contributed by atoms with E-state index in [-0.39, 0.29) is 6.54 Å². The van der Waals surface area contributed by atoms with Crippen molar-refractivity contribution in [2.24, 2.45) is 5.73 Å². The van der Waals surface area contributed by atoms with E-state index < -0.39 is 18.1 Å². The molecular formula is C9H17F3N2O. The zero-order valence-electron chi connectivity index (χ0n) is 8.57. The molecule has 1 aliphatic heterocycles. The summed E-state index contributed by atoms with van der Waals surface area (Å²) < 4.78 is 40.6. The Hall–Kier alpha value is -0.330. The van der Waals surface area contributed by atoms with E-state index in [0.29, 0.717) is 32.6 Å². The van der Waals surface area contributed by atoms with Crippen molar-refractivity contribution in [1.82, 2.24) is 5.32 Å². The van der Waals surface area contributed by atoms with Crippen molar-refractivity contribution in [2.75, 3.05) is 26.3 Å². The molecule has 0 atom stereocenters. The van der Waals surface area contributed by atoms with Crippen molar-refractivity contribution < 1.29 is 17.9 Å². The molecule has 0 aliphatic carbocycles. The minimum Gasteiger partial charge on any atom is -0.381 e. The maximum atomic E-state index is 11.8. The number of nitrogens with one attached hydrogen (secondary N) is 1. The van der Waals surface area contributed by atoms with Crippen LogP contribution >= 0.6 is 0 Å². The van der Waals surface area contributed by atoms with Gasteiger partial charge < -0.3 is 15.8 Å². The van der Waals surface area contributed by atoms with Crippen molar-refractivity contribution in [3.63, 3.8) is 0 Å². The van der Waals surface area contributed by atoms with Crippen molar-refractivity contribution in [3.05, 3.63) is 0 Å². The molecule has 0 aromatic rings. The van der Waals surface area contributed by atoms with Crippen LogP contribution in [0.15, 0.2) is 0 Å². The normalized spacial score (nSPS) is 21.6. The van der Waals surface area contributed by atoms with Gasteiger partial charge in [0.1, 0.15) is 0 Å². The van der Waals surface area contributed by atoms with Crippen molar-refractivity contribution in [3.8, 4) is 0 Å². The smallest absolute Gasteiger partial charge is 0.381 e. The van der Waals surface area contributed by atoms with Crippen LogP contribution in [-0.2, 0) is 4.74 Å². The van der Waals surface area contributed by atoms with Gasteiger partial charge in [-0.1, -0.05) is 0 Å². The number of halogens is 3. The van der Waals surface area contributed by atoms with Crippen molar-refractivity contribution >= 4 is 0 Å². The molecule has 3 N–H and O–H groups in total. The van der Waals surface area contributed by atoms with E-state index in [2.05, 4.69) is 5.32 Å². The highest BCUT2D eigenvalue weighted by molar-refractivity contribution is 4.88. The third-order valence-corrected chi connectivity index (χ3v) is 2.55. The van der Waals surface area contributed by atoms with Gasteiger partial charge in [0, 0.05) is 31.8 Å². The number of rotatable bonds is 4. The Kier molecular flexibility index (Phi) is 4.36. The molecule has 3 nitrogen and oxygen atoms in total. The summed E-state index contributed by atoms with van der Waals surface area (Å²) in [5, 5.41) is 2.75. The van der Waals surface area contributed by atoms with E-state index in [0.717, 1.165) is 0 Å². The Balaban J connectivity index is 2.13. The maximum Gasteiger partial charge on any atom is 0.390 e. The lowest BCUT2D eigenvalue weighted by molar-refractivity contribution is -0.133. The van der Waals surface area contributed by atoms with Gasteiger partial charge in [0.2, 0.25) is 0 Å². The molecule has 0 aromatic heterocycles. The van der Waals surface area contributed by atoms with Crippen LogP contribution < -0.4 is 11.1 Å². The Morgan fingerprint density at radius 2 is 1.87 bits per heavy atom. The first-order valence-corrected chi connectivity index (χ1v) is 5.05. The molecule has 0 bridgehead atoms. The second-order valence-electron chi connectivity index (χ2n) is 4.02. The van der Waals surface area contributed by atoms with Gasteiger partial charge in [0.15, 0.2) is 0 Å². The second kappa shape index (κ2) is 5.14. The van der Waals surface area contributed by atoms with Crippen LogP contribution in [0, 0.1) is 0 Å². The molecule has 0 amide bonds. The molecule has 1 saturated heterocycles. The average Bonchev–Trinajstić information content (AvgIpc) is 2.12. The molecule has 6 heteroatoms. The largest absolute Gasteiger partial charge is 0.390 e. The van der Waals surface area contributed by atoms with Crippen LogP contribution in [0.3, 0.4) is 0 Å². The summed E-state index contributed by atoms with van der Waals surface area (Å²) in [5.41, 5.74) is 5.59. The van der Waals surface area contributed by atoms with Gasteiger partial charge in [-0.15, -0.1) is 0 Å². The number of hydrogen-bond donors (Lipinski definition) is 2. The molecule has 0 spiro atoms. The van der Waals surface area contributed by atoms with E-state index in [4.69, 9.17) is 10.5 Å². The van der Waals surface area contributed by atoms with Gasteiger partial charge in [0.25, 0.3) is 0 Å². The van der Waals surface area contributed by atoms with E-state index >= 15 is 0 Å². The third-order valence-electron chi connectivity index (χ3n) is 2.55. The Morgan fingerprint density at radius 3 is 2.40 bits per heavy atom. The van der Waals surface area contributed by atoms with E-state index in [1.807, 2.05) is 0 Å². The highest BCUT2D eigenvalue weighted by Gasteiger charge is 2.29. The molecule has 15 heavy (non-hydrogen) atoms. The van der Waals surface area contributed by atoms with Gasteiger partial charge in [-0.3, -0.25) is 0 Å². The fourth-order valence-corrected chi connectivity index (χ4v) is 1.52. The molecule has 0 radical (unpaired) electrons. The first-order chi connectivity index (χ1) is 6.91. The Bertz CT molecular complexity index is 190. The third kappa shape index (κ3) is 5.34. The summed E-state index contributed by atoms with van der Waals surface area (Å²) in [6, 6.07) is 0. The molecule has 90 valence electrons. The molecule has 1 heterocycles. The van der Waals surface area contributed by atoms with Crippen LogP contribution in [0.5, 0.6) is 0 Å². The molecule has 0 aromatic carbocycles. The highest BCUT2D eigenvalue weighted by Crippen LogP contribution is 2.19. The van der Waals surface area contributed by atoms with Crippen LogP contribution in [0.1, 0.15) is 19.3 Å². The lowest BCUT2D eigenvalue weighted by Gasteiger charge is -2.33. The van der Waals surface area contributed by atoms with E-state index in [1.54, 1.807) is 0 Å². The van der Waals surface area contributed by atoms with Gasteiger partial charge in [0.05, 0.1) is 6.42 Å². The van der Waals surface area contributed by atoms with Gasteiger partial charge in [-0.2, -0.15) is 13.2 Å². The van der Waals surface area contributed by atoms with Crippen LogP contribution in [0.25, 0.3) is 0 Å². The lowest BCUT2D eigenvalue weighted by atomic mass is 9.91. The first-order valence-electron chi connectivity index (χ1n) is 5.05. The highest BCUT2D eigenvalue weighted by atomic mass is 19.4. The second-order valence-corrected chi connectivity index (χ2v) is 4.02. The van der Waals surface area contributed by atoms with Gasteiger partial charge >= 0.3 is 6.18 Å². The number of nitrogens with two attached hydrogens (primary N) is 1. The number of ether oxygens (including phenoxy) is 1. The molecule has 1 fully saturated rings. The summed E-state index contributed by atoms with van der Waals surface area (Å²) >= 11 is 0. The minimum absolute atomic E-state index is 0.0662. The average molecular weight is 226 g/mol. The SMILES string of the molecule is NC1(CNCCC(F)(F)F)CCOCC1. The van der Waals surface area contributed by atoms with E-state index in [1.165, 1.54) is 0 Å². The summed E-state index contributed by atoms with van der Waals surface area (Å²) in [4.78, 5) is 0. The zero-order valence-corrected chi connectivity index (χ0v) is 8.57. The van der Waals surface area contributed by atoms with Gasteiger partial charge in [-0.05, 0) is 12.8 Å². The zero-order chi connectivity index (χ0) is 11.4. The Morgan fingerprint density at radius 1 is 1.27 bits per heavy atom. The lowest BCUT2D eigenvalue weighted by Crippen LogP contribution is -2.52. The number of alkyl halides is 3. The summed E-state index contributed by atoms with van der Waals surface area (Å²) in [7, 11) is 0. The molecule has 0 unspecified atom stereocenters. The molecule has 0 saturated carbocycles. The van der Waals surface area contributed by atoms with Crippen molar-refractivity contribution in [1.29, 1.82) is 0 Å². The fourth-order valence-electron chi connectivity index (χ4n) is 1.52. The molecule has 1 rings (SSSR count). The number of hydrogen-bond acceptors (Lipinski definition) is 3. The monoisotopic (exact) mass is 226 g/mol. The van der Waals surface area contributed by atoms with Crippen molar-refractivity contribution in [2.45, 2.75) is 31.0 Å². The standard InChI is InChI=1S/C9H17F3N2O/c10-9(11,12)1-4-14-7-8(13)2-5-15-6-3-8/h14H,1-7,13H2. The predicted molar refractivity (Wildman–Crippen MR) is 50.5 cm³/mol. The first kappa shape index (κ1) is 12.7. The molecule has 1 aliphatic rings. The fraction of sp³-hybridized carbons (Fsp3) is 1.00. The minimum atomic E-state index is -4.09. The van der Waals surface area contributed by atoms with E-state index in [9.17, 15) is 13.2 Å². The van der Waals surface area contributed by atoms with Crippen LogP contribution in [-0.4, -0.2) is 38.0 Å². The van der Waals surface area contributed by atoms with Crippen LogP contribution in [0.2, 0.25) is 0 Å². The maximum absolute atomic E-state index is 11.8. The van der Waals surface area contributed by atoms with Crippen LogP contribution in [0.4, 0.5) is 13.2 Å². The quantitative estimate of drug-likeness (QED) is 0.704. The Labute approximate surface area is 87.2 Å². The van der Waals surface area contributed by atoms with Gasteiger partial charge in [-0.25, -0.2) is 0 Å². The molecular weight excluding hydrogens is 209 g/mol. The predicted octanol–water partition coefficient (Wildman–Crippen LogP) is 1.04.